The van der Waals surface area contributed by atoms with Crippen LogP contribution in [0.25, 0.3) is 0 Å². The van der Waals surface area contributed by atoms with Crippen molar-refractivity contribution in [3.63, 3.8) is 0 Å². The second kappa shape index (κ2) is 5.10. The molecule has 0 aliphatic rings. The fraction of sp³-hybridized carbons (Fsp3) is 0.167. The molecule has 0 unspecified atom stereocenters. The molecule has 3 nitrogen and oxygen atoms in total. The van der Waals surface area contributed by atoms with Crippen LogP contribution in [0.1, 0.15) is 24.2 Å². The molecule has 3 heteroatoms. The number of benzene rings is 1. The van der Waals surface area contributed by atoms with Gasteiger partial charge in [0.25, 0.3) is 0 Å². The SMILES string of the molecule is C/C=C(\OC(C)=O)C(=O)c1ccccc1. The van der Waals surface area contributed by atoms with E-state index in [1.807, 2.05) is 6.07 Å². The number of hydrogen-bond acceptors (Lipinski definition) is 3. The Labute approximate surface area is 88.4 Å². The fourth-order valence-corrected chi connectivity index (χ4v) is 1.12. The van der Waals surface area contributed by atoms with Gasteiger partial charge in [-0.1, -0.05) is 30.3 Å². The van der Waals surface area contributed by atoms with Gasteiger partial charge in [0, 0.05) is 12.5 Å². The Morgan fingerprint density at radius 2 is 1.80 bits per heavy atom. The van der Waals surface area contributed by atoms with Gasteiger partial charge in [0.05, 0.1) is 0 Å². The molecule has 1 aromatic rings. The molecule has 0 amide bonds. The normalized spacial score (nSPS) is 10.9. The molecule has 0 aromatic heterocycles. The van der Waals surface area contributed by atoms with Gasteiger partial charge in [-0.15, -0.1) is 0 Å². The number of ether oxygens (including phenoxy) is 1. The molecule has 0 radical (unpaired) electrons. The largest absolute Gasteiger partial charge is 0.423 e. The molecule has 0 heterocycles. The number of allylic oxidation sites excluding steroid dienone is 2. The minimum absolute atomic E-state index is 0.0636. The van der Waals surface area contributed by atoms with E-state index < -0.39 is 5.97 Å². The smallest absolute Gasteiger partial charge is 0.308 e. The Balaban J connectivity index is 2.89. The lowest BCUT2D eigenvalue weighted by atomic mass is 10.1. The molecule has 0 bridgehead atoms. The van der Waals surface area contributed by atoms with Crippen LogP contribution in [0, 0.1) is 0 Å². The molecule has 0 saturated carbocycles. The highest BCUT2D eigenvalue weighted by Crippen LogP contribution is 2.09. The minimum Gasteiger partial charge on any atom is -0.423 e. The number of hydrogen-bond donors (Lipinski definition) is 0. The third-order valence-corrected chi connectivity index (χ3v) is 1.78. The van der Waals surface area contributed by atoms with Gasteiger partial charge >= 0.3 is 5.97 Å². The predicted molar refractivity (Wildman–Crippen MR) is 56.3 cm³/mol. The molecule has 0 spiro atoms. The van der Waals surface area contributed by atoms with Crippen molar-refractivity contribution in [2.45, 2.75) is 13.8 Å². The molecule has 1 rings (SSSR count). The Morgan fingerprint density at radius 1 is 1.20 bits per heavy atom. The summed E-state index contributed by atoms with van der Waals surface area (Å²) in [4.78, 5) is 22.5. The first kappa shape index (κ1) is 11.2. The highest BCUT2D eigenvalue weighted by atomic mass is 16.5. The summed E-state index contributed by atoms with van der Waals surface area (Å²) < 4.78 is 4.79. The third kappa shape index (κ3) is 3.06. The van der Waals surface area contributed by atoms with Gasteiger partial charge in [0.15, 0.2) is 5.76 Å². The summed E-state index contributed by atoms with van der Waals surface area (Å²) in [6.07, 6.45) is 1.48. The van der Waals surface area contributed by atoms with Crippen molar-refractivity contribution >= 4 is 11.8 Å². The minimum atomic E-state index is -0.493. The molecule has 0 aliphatic heterocycles. The zero-order chi connectivity index (χ0) is 11.3. The van der Waals surface area contributed by atoms with E-state index in [-0.39, 0.29) is 11.5 Å². The van der Waals surface area contributed by atoms with Crippen molar-refractivity contribution in [3.8, 4) is 0 Å². The molecule has 1 aromatic carbocycles. The first-order valence-corrected chi connectivity index (χ1v) is 4.59. The lowest BCUT2D eigenvalue weighted by Crippen LogP contribution is -2.09. The maximum absolute atomic E-state index is 11.8. The summed E-state index contributed by atoms with van der Waals surface area (Å²) in [5.74, 6) is -0.714. The van der Waals surface area contributed by atoms with Crippen molar-refractivity contribution in [3.05, 3.63) is 47.7 Å². The van der Waals surface area contributed by atoms with Gasteiger partial charge in [-0.2, -0.15) is 0 Å². The summed E-state index contributed by atoms with van der Waals surface area (Å²) in [5, 5.41) is 0. The molecular weight excluding hydrogens is 192 g/mol. The number of rotatable bonds is 3. The Hall–Kier alpha value is -1.90. The van der Waals surface area contributed by atoms with E-state index in [4.69, 9.17) is 4.74 Å². The van der Waals surface area contributed by atoms with Gasteiger partial charge in [-0.05, 0) is 13.0 Å². The lowest BCUT2D eigenvalue weighted by Gasteiger charge is -2.04. The van der Waals surface area contributed by atoms with Crippen LogP contribution in [0.3, 0.4) is 0 Å². The van der Waals surface area contributed by atoms with E-state index in [0.717, 1.165) is 0 Å². The van der Waals surface area contributed by atoms with Crippen molar-refractivity contribution in [2.75, 3.05) is 0 Å². The van der Waals surface area contributed by atoms with Crippen LogP contribution >= 0.6 is 0 Å². The van der Waals surface area contributed by atoms with Crippen LogP contribution in [-0.2, 0) is 9.53 Å². The van der Waals surface area contributed by atoms with Crippen molar-refractivity contribution in [1.29, 1.82) is 0 Å². The van der Waals surface area contributed by atoms with Gasteiger partial charge in [-0.3, -0.25) is 9.59 Å². The van der Waals surface area contributed by atoms with E-state index >= 15 is 0 Å². The monoisotopic (exact) mass is 204 g/mol. The summed E-state index contributed by atoms with van der Waals surface area (Å²) in [5.41, 5.74) is 0.506. The van der Waals surface area contributed by atoms with Gasteiger partial charge in [0.1, 0.15) is 0 Å². The summed E-state index contributed by atoms with van der Waals surface area (Å²) >= 11 is 0. The highest BCUT2D eigenvalue weighted by Gasteiger charge is 2.13. The van der Waals surface area contributed by atoms with Crippen LogP contribution < -0.4 is 0 Å². The molecule has 0 atom stereocenters. The van der Waals surface area contributed by atoms with Gasteiger partial charge < -0.3 is 4.74 Å². The molecule has 15 heavy (non-hydrogen) atoms. The first-order valence-electron chi connectivity index (χ1n) is 4.59. The maximum atomic E-state index is 11.8. The van der Waals surface area contributed by atoms with Crippen molar-refractivity contribution < 1.29 is 14.3 Å². The van der Waals surface area contributed by atoms with Gasteiger partial charge in [-0.25, -0.2) is 0 Å². The van der Waals surface area contributed by atoms with E-state index in [2.05, 4.69) is 0 Å². The lowest BCUT2D eigenvalue weighted by molar-refractivity contribution is -0.136. The zero-order valence-corrected chi connectivity index (χ0v) is 8.69. The van der Waals surface area contributed by atoms with Gasteiger partial charge in [0.2, 0.25) is 5.78 Å². The van der Waals surface area contributed by atoms with Crippen LogP contribution in [0.4, 0.5) is 0 Å². The topological polar surface area (TPSA) is 43.4 Å². The van der Waals surface area contributed by atoms with E-state index in [1.165, 1.54) is 13.0 Å². The number of carbonyl (C=O) groups excluding carboxylic acids is 2. The van der Waals surface area contributed by atoms with E-state index in [9.17, 15) is 9.59 Å². The average molecular weight is 204 g/mol. The fourth-order valence-electron chi connectivity index (χ4n) is 1.12. The molecular formula is C12H12O3. The molecule has 0 N–H and O–H groups in total. The average Bonchev–Trinajstić information content (AvgIpc) is 2.26. The van der Waals surface area contributed by atoms with Crippen LogP contribution in [0.2, 0.25) is 0 Å². The van der Waals surface area contributed by atoms with Crippen LogP contribution in [0.5, 0.6) is 0 Å². The van der Waals surface area contributed by atoms with Crippen LogP contribution in [-0.4, -0.2) is 11.8 Å². The Morgan fingerprint density at radius 3 is 2.27 bits per heavy atom. The first-order chi connectivity index (χ1) is 7.15. The highest BCUT2D eigenvalue weighted by molar-refractivity contribution is 6.08. The maximum Gasteiger partial charge on any atom is 0.308 e. The predicted octanol–water partition coefficient (Wildman–Crippen LogP) is 2.34. The summed E-state index contributed by atoms with van der Waals surface area (Å²) in [6.45, 7) is 2.92. The second-order valence-corrected chi connectivity index (χ2v) is 2.94. The van der Waals surface area contributed by atoms with E-state index in [1.54, 1.807) is 31.2 Å². The zero-order valence-electron chi connectivity index (χ0n) is 8.69. The summed E-state index contributed by atoms with van der Waals surface area (Å²) in [7, 11) is 0. The standard InChI is InChI=1S/C12H12O3/c1-3-11(15-9(2)13)12(14)10-7-5-4-6-8-10/h3-8H,1-2H3/b11-3-. The molecule has 78 valence electrons. The van der Waals surface area contributed by atoms with Crippen molar-refractivity contribution in [1.82, 2.24) is 0 Å². The Bertz CT molecular complexity index is 391. The summed E-state index contributed by atoms with van der Waals surface area (Å²) in [6, 6.07) is 8.69. The molecule has 0 aliphatic carbocycles. The second-order valence-electron chi connectivity index (χ2n) is 2.94. The number of Topliss-reactive ketones (excluding diaryl/α,β-unsaturated/α-hetero) is 1. The van der Waals surface area contributed by atoms with Crippen molar-refractivity contribution in [2.24, 2.45) is 0 Å². The Kier molecular flexibility index (Phi) is 3.80. The third-order valence-electron chi connectivity index (χ3n) is 1.78. The quantitative estimate of drug-likeness (QED) is 0.328. The van der Waals surface area contributed by atoms with Crippen LogP contribution in [0.15, 0.2) is 42.2 Å². The number of carbonyl (C=O) groups is 2. The van der Waals surface area contributed by atoms with E-state index in [0.29, 0.717) is 5.56 Å². The molecule has 0 saturated heterocycles. The molecule has 0 fully saturated rings. The number of ketones is 1. The number of esters is 1.